The van der Waals surface area contributed by atoms with E-state index in [1.165, 1.54) is 0 Å². The van der Waals surface area contributed by atoms with Crippen LogP contribution in [0.25, 0.3) is 0 Å². The average Bonchev–Trinajstić information content (AvgIpc) is 2.39. The van der Waals surface area contributed by atoms with E-state index in [-0.39, 0.29) is 29.0 Å². The second-order valence-corrected chi connectivity index (χ2v) is 4.64. The third-order valence-corrected chi connectivity index (χ3v) is 2.87. The molecule has 1 atom stereocenters. The molecule has 0 aliphatic carbocycles. The number of carboxylic acid groups (broad SMARTS) is 1. The van der Waals surface area contributed by atoms with Crippen LogP contribution in [-0.4, -0.2) is 39.7 Å². The lowest BCUT2D eigenvalue weighted by Gasteiger charge is -2.16. The van der Waals surface area contributed by atoms with E-state index in [9.17, 15) is 9.59 Å². The molecule has 0 spiro atoms. The predicted octanol–water partition coefficient (Wildman–Crippen LogP) is 0.461. The van der Waals surface area contributed by atoms with Gasteiger partial charge in [-0.05, 0) is 6.42 Å². The molecule has 2 amide bonds. The molecule has 0 fully saturated rings. The first-order valence-corrected chi connectivity index (χ1v) is 6.59. The summed E-state index contributed by atoms with van der Waals surface area (Å²) >= 11 is 5.69. The summed E-state index contributed by atoms with van der Waals surface area (Å²) in [7, 11) is 0. The van der Waals surface area contributed by atoms with Crippen molar-refractivity contribution in [2.24, 2.45) is 0 Å². The van der Waals surface area contributed by atoms with E-state index in [0.29, 0.717) is 6.42 Å². The van der Waals surface area contributed by atoms with Gasteiger partial charge in [0, 0.05) is 12.6 Å². The fraction of sp³-hybridized carbons (Fsp3) is 0.455. The summed E-state index contributed by atoms with van der Waals surface area (Å²) in [6, 6.07) is -0.408. The van der Waals surface area contributed by atoms with Gasteiger partial charge in [0.05, 0.1) is 0 Å². The highest BCUT2D eigenvalue weighted by Gasteiger charge is 2.18. The maximum Gasteiger partial charge on any atom is 0.404 e. The molecule has 1 rings (SSSR count). The van der Waals surface area contributed by atoms with Gasteiger partial charge in [0.1, 0.15) is 0 Å². The molecule has 0 saturated carbocycles. The topological polar surface area (TPSA) is 156 Å². The largest absolute Gasteiger partial charge is 0.465 e. The average molecular weight is 317 g/mol. The predicted molar refractivity (Wildman–Crippen MR) is 78.1 cm³/mol. The number of nitrogens with zero attached hydrogens (tertiary/aromatic N) is 2. The number of hydrogen-bond donors (Lipinski definition) is 5. The van der Waals surface area contributed by atoms with E-state index in [1.807, 2.05) is 6.92 Å². The molecule has 0 aliphatic heterocycles. The van der Waals surface area contributed by atoms with Crippen LogP contribution in [0.2, 0.25) is 5.15 Å². The summed E-state index contributed by atoms with van der Waals surface area (Å²) in [6.45, 7) is 2.00. The molecule has 1 heterocycles. The Kier molecular flexibility index (Phi) is 5.97. The van der Waals surface area contributed by atoms with Crippen molar-refractivity contribution in [1.82, 2.24) is 20.6 Å². The molecular weight excluding hydrogens is 300 g/mol. The third-order valence-electron chi connectivity index (χ3n) is 2.59. The second-order valence-electron chi connectivity index (χ2n) is 4.28. The van der Waals surface area contributed by atoms with Crippen LogP contribution in [0.4, 0.5) is 16.4 Å². The molecule has 7 N–H and O–H groups in total. The van der Waals surface area contributed by atoms with Crippen LogP contribution in [0.1, 0.15) is 30.3 Å². The van der Waals surface area contributed by atoms with E-state index in [4.69, 9.17) is 28.2 Å². The van der Waals surface area contributed by atoms with Gasteiger partial charge in [-0.25, -0.2) is 14.8 Å². The molecule has 10 heteroatoms. The summed E-state index contributed by atoms with van der Waals surface area (Å²) in [6.07, 6.45) is 0.185. The lowest BCUT2D eigenvalue weighted by Crippen LogP contribution is -2.43. The van der Waals surface area contributed by atoms with Crippen molar-refractivity contribution >= 4 is 35.2 Å². The number of amides is 2. The van der Waals surface area contributed by atoms with Crippen molar-refractivity contribution in [3.63, 3.8) is 0 Å². The Hall–Kier alpha value is -2.29. The smallest absolute Gasteiger partial charge is 0.404 e. The minimum atomic E-state index is -1.16. The van der Waals surface area contributed by atoms with Crippen LogP contribution in [0.3, 0.4) is 0 Å². The second kappa shape index (κ2) is 7.48. The van der Waals surface area contributed by atoms with Crippen LogP contribution in [0.15, 0.2) is 0 Å². The molecule has 0 unspecified atom stereocenters. The van der Waals surface area contributed by atoms with Gasteiger partial charge < -0.3 is 27.2 Å². The van der Waals surface area contributed by atoms with Gasteiger partial charge in [-0.2, -0.15) is 0 Å². The van der Waals surface area contributed by atoms with Crippen molar-refractivity contribution < 1.29 is 14.7 Å². The highest BCUT2D eigenvalue weighted by molar-refractivity contribution is 6.31. The number of halogens is 1. The number of nitrogens with two attached hydrogens (primary N) is 2. The van der Waals surface area contributed by atoms with Gasteiger partial charge in [-0.1, -0.05) is 24.9 Å². The van der Waals surface area contributed by atoms with Gasteiger partial charge in [0.2, 0.25) is 0 Å². The SMILES string of the molecule is CCC[C@@H](CNC(=O)c1nc(Cl)c(N)nc1N)NC(=O)O. The third kappa shape index (κ3) is 4.95. The van der Waals surface area contributed by atoms with E-state index >= 15 is 0 Å². The Balaban J connectivity index is 2.72. The van der Waals surface area contributed by atoms with Crippen LogP contribution in [-0.2, 0) is 0 Å². The zero-order valence-electron chi connectivity index (χ0n) is 11.4. The summed E-state index contributed by atoms with van der Waals surface area (Å²) in [5.41, 5.74) is 10.8. The Morgan fingerprint density at radius 1 is 1.33 bits per heavy atom. The van der Waals surface area contributed by atoms with E-state index < -0.39 is 18.0 Å². The molecule has 0 saturated heterocycles. The molecule has 1 aromatic rings. The molecule has 0 aliphatic rings. The maximum absolute atomic E-state index is 12.0. The van der Waals surface area contributed by atoms with Crippen molar-refractivity contribution in [1.29, 1.82) is 0 Å². The fourth-order valence-corrected chi connectivity index (χ4v) is 1.78. The van der Waals surface area contributed by atoms with Gasteiger partial charge in [-0.15, -0.1) is 0 Å². The molecule has 9 nitrogen and oxygen atoms in total. The van der Waals surface area contributed by atoms with Crippen molar-refractivity contribution in [3.05, 3.63) is 10.8 Å². The lowest BCUT2D eigenvalue weighted by atomic mass is 10.1. The fourth-order valence-electron chi connectivity index (χ4n) is 1.66. The van der Waals surface area contributed by atoms with Gasteiger partial charge >= 0.3 is 6.09 Å². The molecular formula is C11H17ClN6O3. The van der Waals surface area contributed by atoms with Gasteiger partial charge in [0.15, 0.2) is 22.5 Å². The van der Waals surface area contributed by atoms with Crippen molar-refractivity contribution in [2.45, 2.75) is 25.8 Å². The lowest BCUT2D eigenvalue weighted by molar-refractivity contribution is 0.0943. The Bertz CT molecular complexity index is 539. The quantitative estimate of drug-likeness (QED) is 0.510. The minimum absolute atomic E-state index is 0.0675. The Labute approximate surface area is 126 Å². The maximum atomic E-state index is 12.0. The number of anilines is 2. The van der Waals surface area contributed by atoms with Gasteiger partial charge in [-0.3, -0.25) is 4.79 Å². The number of nitrogen functional groups attached to an aromatic ring is 2. The first-order chi connectivity index (χ1) is 9.85. The number of rotatable bonds is 6. The summed E-state index contributed by atoms with van der Waals surface area (Å²) in [4.78, 5) is 30.1. The number of aromatic nitrogens is 2. The normalized spacial score (nSPS) is 11.7. The zero-order chi connectivity index (χ0) is 16.0. The first-order valence-electron chi connectivity index (χ1n) is 6.21. The van der Waals surface area contributed by atoms with E-state index in [0.717, 1.165) is 6.42 Å². The van der Waals surface area contributed by atoms with Gasteiger partial charge in [0.25, 0.3) is 5.91 Å². The monoisotopic (exact) mass is 316 g/mol. The summed E-state index contributed by atoms with van der Waals surface area (Å²) < 4.78 is 0. The summed E-state index contributed by atoms with van der Waals surface area (Å²) in [5, 5.41) is 13.4. The van der Waals surface area contributed by atoms with Crippen LogP contribution >= 0.6 is 11.6 Å². The van der Waals surface area contributed by atoms with Crippen molar-refractivity contribution in [3.8, 4) is 0 Å². The molecule has 116 valence electrons. The number of nitrogens with one attached hydrogen (secondary N) is 2. The highest BCUT2D eigenvalue weighted by atomic mass is 35.5. The van der Waals surface area contributed by atoms with E-state index in [1.54, 1.807) is 0 Å². The van der Waals surface area contributed by atoms with Crippen LogP contribution in [0, 0.1) is 0 Å². The van der Waals surface area contributed by atoms with Crippen LogP contribution in [0.5, 0.6) is 0 Å². The van der Waals surface area contributed by atoms with Crippen LogP contribution < -0.4 is 22.1 Å². The highest BCUT2D eigenvalue weighted by Crippen LogP contribution is 2.17. The molecule has 0 radical (unpaired) electrons. The summed E-state index contributed by atoms with van der Waals surface area (Å²) in [5.74, 6) is -0.815. The molecule has 21 heavy (non-hydrogen) atoms. The van der Waals surface area contributed by atoms with E-state index in [2.05, 4.69) is 20.6 Å². The van der Waals surface area contributed by atoms with Crippen molar-refractivity contribution in [2.75, 3.05) is 18.0 Å². The number of carbonyl (C=O) groups excluding carboxylic acids is 1. The molecule has 1 aromatic heterocycles. The number of hydrogen-bond acceptors (Lipinski definition) is 6. The standard InChI is InChI=1S/C11H17ClN6O3/c1-2-3-5(16-11(20)21)4-15-10(19)6-8(13)18-9(14)7(12)17-6/h5,16H,2-4H2,1H3,(H,15,19)(H,20,21)(H4,13,14,18)/t5-/m0/s1. The Morgan fingerprint density at radius 3 is 2.57 bits per heavy atom. The number of carbonyl (C=O) groups is 2. The first kappa shape index (κ1) is 16.8. The minimum Gasteiger partial charge on any atom is -0.465 e. The molecule has 0 aromatic carbocycles. The zero-order valence-corrected chi connectivity index (χ0v) is 12.1. The Morgan fingerprint density at radius 2 is 2.00 bits per heavy atom. The molecule has 0 bridgehead atoms.